The lowest BCUT2D eigenvalue weighted by Crippen LogP contribution is -2.14. The van der Waals surface area contributed by atoms with Gasteiger partial charge in [0.25, 0.3) is 0 Å². The van der Waals surface area contributed by atoms with Gasteiger partial charge in [-0.1, -0.05) is 28.9 Å². The minimum Gasteiger partial charge on any atom is -0.326 e. The fourth-order valence-corrected chi connectivity index (χ4v) is 3.01. The summed E-state index contributed by atoms with van der Waals surface area (Å²) >= 11 is 4.79. The molecule has 2 N–H and O–H groups in total. The van der Waals surface area contributed by atoms with Crippen LogP contribution in [0.4, 0.5) is 11.4 Å². The molecule has 0 heterocycles. The van der Waals surface area contributed by atoms with E-state index in [-0.39, 0.29) is 11.8 Å². The zero-order chi connectivity index (χ0) is 17.4. The zero-order valence-corrected chi connectivity index (χ0v) is 15.7. The van der Waals surface area contributed by atoms with Crippen molar-refractivity contribution in [1.82, 2.24) is 0 Å². The molecule has 6 heteroatoms. The number of nitrogens with one attached hydrogen (secondary N) is 2. The summed E-state index contributed by atoms with van der Waals surface area (Å²) in [7, 11) is 0. The van der Waals surface area contributed by atoms with Crippen LogP contribution in [0.25, 0.3) is 0 Å². The topological polar surface area (TPSA) is 58.2 Å². The maximum absolute atomic E-state index is 12.0. The van der Waals surface area contributed by atoms with Crippen molar-refractivity contribution in [3.8, 4) is 0 Å². The summed E-state index contributed by atoms with van der Waals surface area (Å²) in [6.07, 6.45) is 1.32. The minimum absolute atomic E-state index is 0.00707. The van der Waals surface area contributed by atoms with Crippen LogP contribution in [0, 0.1) is 0 Å². The molecule has 4 nitrogen and oxygen atoms in total. The lowest BCUT2D eigenvalue weighted by atomic mass is 10.3. The second kappa shape index (κ2) is 9.49. The summed E-state index contributed by atoms with van der Waals surface area (Å²) in [5.74, 6) is 0.248. The van der Waals surface area contributed by atoms with Crippen molar-refractivity contribution < 1.29 is 9.59 Å². The Morgan fingerprint density at radius 2 is 1.71 bits per heavy atom. The molecule has 126 valence electrons. The van der Waals surface area contributed by atoms with Gasteiger partial charge in [-0.15, -0.1) is 11.8 Å². The Bertz CT molecular complexity index is 704. The molecule has 0 saturated carbocycles. The number of anilines is 2. The molecular formula is C18H19BrN2O2S. The van der Waals surface area contributed by atoms with Crippen molar-refractivity contribution in [1.29, 1.82) is 0 Å². The number of halogens is 1. The van der Waals surface area contributed by atoms with Gasteiger partial charge in [-0.25, -0.2) is 0 Å². The number of benzene rings is 2. The van der Waals surface area contributed by atoms with E-state index in [0.29, 0.717) is 12.2 Å². The highest BCUT2D eigenvalue weighted by atomic mass is 79.9. The van der Waals surface area contributed by atoms with Crippen LogP contribution >= 0.6 is 27.7 Å². The number of rotatable bonds is 7. The van der Waals surface area contributed by atoms with Gasteiger partial charge in [-0.3, -0.25) is 9.59 Å². The van der Waals surface area contributed by atoms with Gasteiger partial charge in [0, 0.05) is 27.2 Å². The molecular weight excluding hydrogens is 388 g/mol. The first kappa shape index (κ1) is 18.5. The first-order valence-corrected chi connectivity index (χ1v) is 9.43. The zero-order valence-electron chi connectivity index (χ0n) is 13.3. The molecule has 0 aliphatic carbocycles. The predicted octanol–water partition coefficient (Wildman–Crippen LogP) is 4.92. The van der Waals surface area contributed by atoms with Gasteiger partial charge in [-0.05, 0) is 48.9 Å². The average molecular weight is 407 g/mol. The van der Waals surface area contributed by atoms with Gasteiger partial charge in [0.05, 0.1) is 5.75 Å². The summed E-state index contributed by atoms with van der Waals surface area (Å²) in [6.45, 7) is 1.97. The molecule has 2 rings (SSSR count). The van der Waals surface area contributed by atoms with Crippen molar-refractivity contribution in [3.63, 3.8) is 0 Å². The van der Waals surface area contributed by atoms with Gasteiger partial charge in [0.1, 0.15) is 0 Å². The Labute approximate surface area is 154 Å². The largest absolute Gasteiger partial charge is 0.326 e. The molecule has 2 aromatic carbocycles. The summed E-state index contributed by atoms with van der Waals surface area (Å²) in [5, 5.41) is 5.71. The summed E-state index contributed by atoms with van der Waals surface area (Å²) in [5.41, 5.74) is 1.52. The molecule has 24 heavy (non-hydrogen) atoms. The maximum atomic E-state index is 12.0. The minimum atomic E-state index is -0.0669. The maximum Gasteiger partial charge on any atom is 0.234 e. The molecule has 0 spiro atoms. The smallest absolute Gasteiger partial charge is 0.234 e. The van der Waals surface area contributed by atoms with Crippen LogP contribution in [0.5, 0.6) is 0 Å². The molecule has 0 unspecified atom stereocenters. The molecule has 0 bridgehead atoms. The quantitative estimate of drug-likeness (QED) is 0.641. The third-order valence-electron chi connectivity index (χ3n) is 3.09. The molecule has 0 saturated heterocycles. The molecule has 0 aliphatic rings. The molecule has 0 fully saturated rings. The van der Waals surface area contributed by atoms with E-state index in [1.54, 1.807) is 0 Å². The Hall–Kier alpha value is -1.79. The monoisotopic (exact) mass is 406 g/mol. The first-order valence-electron chi connectivity index (χ1n) is 7.65. The van der Waals surface area contributed by atoms with E-state index in [2.05, 4.69) is 26.6 Å². The van der Waals surface area contributed by atoms with Crippen LogP contribution in [0.3, 0.4) is 0 Å². The van der Waals surface area contributed by atoms with Crippen LogP contribution in [-0.2, 0) is 9.59 Å². The van der Waals surface area contributed by atoms with E-state index in [9.17, 15) is 9.59 Å². The van der Waals surface area contributed by atoms with E-state index >= 15 is 0 Å². The third-order valence-corrected chi connectivity index (χ3v) is 4.62. The molecule has 0 radical (unpaired) electrons. The van der Waals surface area contributed by atoms with Crippen LogP contribution < -0.4 is 10.6 Å². The molecule has 2 amide bonds. The van der Waals surface area contributed by atoms with Gasteiger partial charge < -0.3 is 10.6 Å². The number of thioether (sulfide) groups is 1. The third kappa shape index (κ3) is 6.37. The summed E-state index contributed by atoms with van der Waals surface area (Å²) < 4.78 is 0.969. The number of amides is 2. The van der Waals surface area contributed by atoms with Crippen molar-refractivity contribution in [2.45, 2.75) is 24.7 Å². The van der Waals surface area contributed by atoms with E-state index in [0.717, 1.165) is 27.2 Å². The Morgan fingerprint density at radius 3 is 2.42 bits per heavy atom. The first-order chi connectivity index (χ1) is 11.6. The SMILES string of the molecule is CCCC(=O)Nc1cccc(SCC(=O)Nc2ccc(Br)cc2)c1. The van der Waals surface area contributed by atoms with Crippen LogP contribution in [-0.4, -0.2) is 17.6 Å². The van der Waals surface area contributed by atoms with E-state index in [1.807, 2.05) is 55.5 Å². The van der Waals surface area contributed by atoms with Gasteiger partial charge in [0.15, 0.2) is 0 Å². The number of carbonyl (C=O) groups is 2. The highest BCUT2D eigenvalue weighted by Gasteiger charge is 2.06. The fraction of sp³-hybridized carbons (Fsp3) is 0.222. The van der Waals surface area contributed by atoms with Crippen LogP contribution in [0.15, 0.2) is 57.9 Å². The number of hydrogen-bond acceptors (Lipinski definition) is 3. The summed E-state index contributed by atoms with van der Waals surface area (Å²) in [6, 6.07) is 15.0. The van der Waals surface area contributed by atoms with E-state index in [1.165, 1.54) is 11.8 Å². The highest BCUT2D eigenvalue weighted by Crippen LogP contribution is 2.22. The fourth-order valence-electron chi connectivity index (χ4n) is 1.99. The Morgan fingerprint density at radius 1 is 1.00 bits per heavy atom. The number of hydrogen-bond donors (Lipinski definition) is 2. The highest BCUT2D eigenvalue weighted by molar-refractivity contribution is 9.10. The van der Waals surface area contributed by atoms with E-state index < -0.39 is 0 Å². The lowest BCUT2D eigenvalue weighted by Gasteiger charge is -2.08. The standard InChI is InChI=1S/C18H19BrN2O2S/c1-2-4-17(22)21-15-5-3-6-16(11-15)24-12-18(23)20-14-9-7-13(19)8-10-14/h3,5-11H,2,4,12H2,1H3,(H,20,23)(H,21,22). The van der Waals surface area contributed by atoms with Crippen molar-refractivity contribution in [3.05, 3.63) is 53.0 Å². The predicted molar refractivity (Wildman–Crippen MR) is 103 cm³/mol. The van der Waals surface area contributed by atoms with Crippen LogP contribution in [0.1, 0.15) is 19.8 Å². The second-order valence-corrected chi connectivity index (χ2v) is 7.13. The van der Waals surface area contributed by atoms with E-state index in [4.69, 9.17) is 0 Å². The number of carbonyl (C=O) groups excluding carboxylic acids is 2. The molecule has 0 atom stereocenters. The summed E-state index contributed by atoms with van der Waals surface area (Å²) in [4.78, 5) is 24.6. The van der Waals surface area contributed by atoms with Crippen LogP contribution in [0.2, 0.25) is 0 Å². The van der Waals surface area contributed by atoms with Gasteiger partial charge >= 0.3 is 0 Å². The normalized spacial score (nSPS) is 10.2. The van der Waals surface area contributed by atoms with Gasteiger partial charge in [0.2, 0.25) is 11.8 Å². The molecule has 0 aliphatic heterocycles. The van der Waals surface area contributed by atoms with Crippen molar-refractivity contribution in [2.24, 2.45) is 0 Å². The molecule has 0 aromatic heterocycles. The van der Waals surface area contributed by atoms with Gasteiger partial charge in [-0.2, -0.15) is 0 Å². The van der Waals surface area contributed by atoms with Crippen molar-refractivity contribution >= 4 is 50.9 Å². The second-order valence-electron chi connectivity index (χ2n) is 5.17. The molecule has 2 aromatic rings. The lowest BCUT2D eigenvalue weighted by molar-refractivity contribution is -0.116. The average Bonchev–Trinajstić information content (AvgIpc) is 2.56. The van der Waals surface area contributed by atoms with Crippen molar-refractivity contribution in [2.75, 3.05) is 16.4 Å². The Balaban J connectivity index is 1.86. The Kier molecular flexibility index (Phi) is 7.34.